The quantitative estimate of drug-likeness (QED) is 0.196. The van der Waals surface area contributed by atoms with Crippen LogP contribution in [0.25, 0.3) is 22.3 Å². The molecule has 2 aromatic heterocycles. The van der Waals surface area contributed by atoms with Gasteiger partial charge in [-0.25, -0.2) is 22.5 Å². The smallest absolute Gasteiger partial charge is 0.306 e. The maximum Gasteiger partial charge on any atom is 0.306 e. The van der Waals surface area contributed by atoms with E-state index in [0.29, 0.717) is 65.1 Å². The second kappa shape index (κ2) is 13.9. The SMILES string of the molecule is COc1ccc2cc1-c1nc(nn1C)C(C)(c1cccc(C[C@@H](C)C(=O)O)c1)CCCC(C)(C)CS(=O)(=O)CCc1c(c(F)cc3[nH]ccc13)C2=O. The molecule has 10 nitrogen and oxygen atoms in total. The van der Waals surface area contributed by atoms with Crippen molar-refractivity contribution in [3.63, 3.8) is 0 Å². The molecule has 0 aliphatic carbocycles. The molecule has 274 valence electrons. The van der Waals surface area contributed by atoms with Gasteiger partial charge in [0, 0.05) is 29.7 Å². The van der Waals surface area contributed by atoms with Crippen molar-refractivity contribution in [2.75, 3.05) is 18.6 Å². The molecule has 0 radical (unpaired) electrons. The van der Waals surface area contributed by atoms with Gasteiger partial charge in [0.25, 0.3) is 0 Å². The van der Waals surface area contributed by atoms with Crippen LogP contribution in [-0.4, -0.2) is 63.6 Å². The predicted molar refractivity (Wildman–Crippen MR) is 198 cm³/mol. The molecule has 0 saturated carbocycles. The zero-order valence-corrected chi connectivity index (χ0v) is 31.2. The molecule has 1 aliphatic rings. The van der Waals surface area contributed by atoms with E-state index in [1.54, 1.807) is 49.1 Å². The number of nitrogens with one attached hydrogen (secondary N) is 1. The van der Waals surface area contributed by atoms with E-state index in [1.807, 2.05) is 45.0 Å². The van der Waals surface area contributed by atoms with Crippen molar-refractivity contribution < 1.29 is 32.2 Å². The van der Waals surface area contributed by atoms with Gasteiger partial charge in [0.2, 0.25) is 0 Å². The summed E-state index contributed by atoms with van der Waals surface area (Å²) in [5.74, 6) is -1.72. The molecular formula is C40H45FN4O6S. The second-order valence-electron chi connectivity index (χ2n) is 15.1. The van der Waals surface area contributed by atoms with Crippen molar-refractivity contribution in [2.24, 2.45) is 18.4 Å². The Morgan fingerprint density at radius 1 is 1.12 bits per heavy atom. The van der Waals surface area contributed by atoms with Gasteiger partial charge >= 0.3 is 5.97 Å². The minimum Gasteiger partial charge on any atom is -0.496 e. The van der Waals surface area contributed by atoms with Crippen LogP contribution in [0.1, 0.15) is 85.4 Å². The number of methoxy groups -OCH3 is 1. The van der Waals surface area contributed by atoms with Crippen LogP contribution in [0, 0.1) is 17.2 Å². The maximum atomic E-state index is 15.9. The molecule has 2 N–H and O–H groups in total. The summed E-state index contributed by atoms with van der Waals surface area (Å²) in [5, 5.41) is 15.1. The molecule has 0 spiro atoms. The summed E-state index contributed by atoms with van der Waals surface area (Å²) in [6.07, 6.45) is 3.77. The minimum atomic E-state index is -3.64. The molecule has 0 amide bonds. The van der Waals surface area contributed by atoms with Crippen LogP contribution < -0.4 is 4.74 Å². The van der Waals surface area contributed by atoms with Crippen LogP contribution in [0.2, 0.25) is 0 Å². The number of ketones is 1. The van der Waals surface area contributed by atoms with E-state index in [0.717, 1.165) is 11.1 Å². The Bertz CT molecular complexity index is 2290. The number of carbonyl (C=O) groups is 2. The van der Waals surface area contributed by atoms with Gasteiger partial charge in [-0.3, -0.25) is 9.59 Å². The zero-order chi connectivity index (χ0) is 37.6. The summed E-state index contributed by atoms with van der Waals surface area (Å²) < 4.78 is 50.7. The number of sulfone groups is 1. The largest absolute Gasteiger partial charge is 0.496 e. The number of aryl methyl sites for hydroxylation is 2. The number of benzene rings is 3. The number of aromatic nitrogens is 4. The minimum absolute atomic E-state index is 0.0316. The number of halogens is 1. The first kappa shape index (κ1) is 36.9. The number of aliphatic carboxylic acids is 1. The van der Waals surface area contributed by atoms with Gasteiger partial charge in [-0.1, -0.05) is 51.5 Å². The number of hydrogen-bond donors (Lipinski definition) is 2. The lowest BCUT2D eigenvalue weighted by Gasteiger charge is -2.31. The molecule has 0 fully saturated rings. The van der Waals surface area contributed by atoms with E-state index in [1.165, 1.54) is 13.2 Å². The van der Waals surface area contributed by atoms with E-state index in [9.17, 15) is 23.1 Å². The summed E-state index contributed by atoms with van der Waals surface area (Å²) in [4.78, 5) is 34.1. The summed E-state index contributed by atoms with van der Waals surface area (Å²) in [7, 11) is -0.358. The number of carboxylic acid groups (broad SMARTS) is 1. The standard InChI is InChI=1S/C40H45FN4O6S/c1-24(37(47)48)19-25-9-7-10-27(20-25)40(4)16-8-15-39(2,3)23-52(49,50)18-14-29-28-13-17-42-32(28)22-31(41)34(29)35(46)26-11-12-33(51-6)30(21-26)36-43-38(40)44-45(36)5/h7,9-13,17,20-22,24,42H,8,14-16,18-19,23H2,1-6H3,(H,47,48)/t24-,40?/m1/s1. The molecule has 3 aromatic carbocycles. The molecule has 5 aromatic rings. The normalized spacial score (nSPS) is 19.7. The van der Waals surface area contributed by atoms with Crippen LogP contribution in [0.3, 0.4) is 0 Å². The Kier molecular flexibility index (Phi) is 9.91. The van der Waals surface area contributed by atoms with Crippen molar-refractivity contribution in [3.05, 3.63) is 100 Å². The van der Waals surface area contributed by atoms with Gasteiger partial charge in [-0.2, -0.15) is 5.10 Å². The van der Waals surface area contributed by atoms with E-state index in [4.69, 9.17) is 14.8 Å². The third-order valence-corrected chi connectivity index (χ3v) is 12.5. The predicted octanol–water partition coefficient (Wildman–Crippen LogP) is 7.08. The number of carboxylic acids is 1. The Labute approximate surface area is 303 Å². The molecule has 3 heterocycles. The first-order chi connectivity index (χ1) is 24.5. The Balaban J connectivity index is 1.54. The highest BCUT2D eigenvalue weighted by molar-refractivity contribution is 7.91. The third kappa shape index (κ3) is 7.26. The van der Waals surface area contributed by atoms with Crippen LogP contribution in [0.15, 0.2) is 60.8 Å². The number of ether oxygens (including phenoxy) is 1. The lowest BCUT2D eigenvalue weighted by atomic mass is 9.75. The molecule has 6 rings (SSSR count). The van der Waals surface area contributed by atoms with Gasteiger partial charge in [-0.15, -0.1) is 0 Å². The molecule has 1 aliphatic heterocycles. The molecule has 0 saturated heterocycles. The van der Waals surface area contributed by atoms with Crippen molar-refractivity contribution in [1.82, 2.24) is 19.7 Å². The number of rotatable bonds is 5. The summed E-state index contributed by atoms with van der Waals surface area (Å²) in [6, 6.07) is 15.6. The number of carbonyl (C=O) groups excluding carboxylic acids is 1. The number of aromatic amines is 1. The van der Waals surface area contributed by atoms with Gasteiger partial charge in [0.05, 0.1) is 41.1 Å². The lowest BCUT2D eigenvalue weighted by molar-refractivity contribution is -0.141. The number of fused-ring (bicyclic) bond motifs is 8. The fraction of sp³-hybridized carbons (Fsp3) is 0.400. The fourth-order valence-electron chi connectivity index (χ4n) is 7.55. The zero-order valence-electron chi connectivity index (χ0n) is 30.4. The highest BCUT2D eigenvalue weighted by Gasteiger charge is 2.36. The fourth-order valence-corrected chi connectivity index (χ4v) is 9.55. The van der Waals surface area contributed by atoms with Crippen LogP contribution in [0.4, 0.5) is 4.39 Å². The molecule has 4 bridgehead atoms. The summed E-state index contributed by atoms with van der Waals surface area (Å²) in [5.41, 5.74) is 1.74. The highest BCUT2D eigenvalue weighted by Crippen LogP contribution is 2.40. The maximum absolute atomic E-state index is 15.9. The summed E-state index contributed by atoms with van der Waals surface area (Å²) >= 11 is 0. The first-order valence-electron chi connectivity index (χ1n) is 17.5. The summed E-state index contributed by atoms with van der Waals surface area (Å²) in [6.45, 7) is 7.60. The van der Waals surface area contributed by atoms with E-state index in [2.05, 4.69) is 4.98 Å². The van der Waals surface area contributed by atoms with Crippen molar-refractivity contribution in [1.29, 1.82) is 0 Å². The van der Waals surface area contributed by atoms with Gasteiger partial charge < -0.3 is 14.8 Å². The van der Waals surface area contributed by atoms with Gasteiger partial charge in [0.1, 0.15) is 11.6 Å². The average Bonchev–Trinajstić information content (AvgIpc) is 3.72. The number of H-pyrrole nitrogens is 1. The second-order valence-corrected chi connectivity index (χ2v) is 17.3. The van der Waals surface area contributed by atoms with Gasteiger partial charge in [0.15, 0.2) is 27.3 Å². The molecule has 12 heteroatoms. The molecular weight excluding hydrogens is 684 g/mol. The Morgan fingerprint density at radius 2 is 1.88 bits per heavy atom. The van der Waals surface area contributed by atoms with E-state index >= 15 is 4.39 Å². The molecule has 2 atom stereocenters. The highest BCUT2D eigenvalue weighted by atomic mass is 32.2. The Morgan fingerprint density at radius 3 is 2.62 bits per heavy atom. The van der Waals surface area contributed by atoms with Crippen molar-refractivity contribution in [3.8, 4) is 17.1 Å². The van der Waals surface area contributed by atoms with Crippen LogP contribution in [0.5, 0.6) is 5.75 Å². The molecule has 1 unspecified atom stereocenters. The van der Waals surface area contributed by atoms with Crippen LogP contribution >= 0.6 is 0 Å². The van der Waals surface area contributed by atoms with E-state index < -0.39 is 44.2 Å². The number of hydrogen-bond acceptors (Lipinski definition) is 7. The Hall–Kier alpha value is -4.84. The lowest BCUT2D eigenvalue weighted by Crippen LogP contribution is -2.29. The molecule has 52 heavy (non-hydrogen) atoms. The average molecular weight is 729 g/mol. The van der Waals surface area contributed by atoms with Crippen LogP contribution in [-0.2, 0) is 39.9 Å². The first-order valence-corrected chi connectivity index (χ1v) is 19.3. The monoisotopic (exact) mass is 728 g/mol. The van der Waals surface area contributed by atoms with Crippen molar-refractivity contribution in [2.45, 2.75) is 65.2 Å². The number of nitrogens with zero attached hydrogens (tertiary/aromatic N) is 3. The van der Waals surface area contributed by atoms with Crippen molar-refractivity contribution >= 4 is 32.5 Å². The van der Waals surface area contributed by atoms with E-state index in [-0.39, 0.29) is 29.1 Å². The van der Waals surface area contributed by atoms with Gasteiger partial charge in [-0.05, 0) is 85.0 Å². The third-order valence-electron chi connectivity index (χ3n) is 10.4. The topological polar surface area (TPSA) is 144 Å².